The summed E-state index contributed by atoms with van der Waals surface area (Å²) in [5, 5.41) is 0. The zero-order valence-electron chi connectivity index (χ0n) is 14.4. The Labute approximate surface area is 181 Å². The molecule has 0 aliphatic heterocycles. The van der Waals surface area contributed by atoms with Crippen molar-refractivity contribution in [3.63, 3.8) is 0 Å². The predicted molar refractivity (Wildman–Crippen MR) is 98.1 cm³/mol. The molecule has 18 heteroatoms. The minimum Gasteiger partial charge on any atom is -0.255 e. The summed E-state index contributed by atoms with van der Waals surface area (Å²) in [4.78, 5) is 22.9. The number of rotatable bonds is 21. The van der Waals surface area contributed by atoms with E-state index in [1.807, 2.05) is 0 Å². The van der Waals surface area contributed by atoms with Crippen LogP contribution in [0.2, 0.25) is 0 Å². The van der Waals surface area contributed by atoms with E-state index in [-0.39, 0.29) is 49.9 Å². The molecule has 0 spiro atoms. The largest absolute Gasteiger partial charge is 0.556 e. The van der Waals surface area contributed by atoms with Gasteiger partial charge in [-0.25, -0.2) is 29.0 Å². The van der Waals surface area contributed by atoms with Crippen LogP contribution in [0.3, 0.4) is 0 Å². The van der Waals surface area contributed by atoms with E-state index in [9.17, 15) is 9.13 Å². The van der Waals surface area contributed by atoms with Gasteiger partial charge in [-0.15, -0.1) is 69.8 Å². The van der Waals surface area contributed by atoms with Crippen LogP contribution in [-0.4, -0.2) is 62.7 Å². The maximum atomic E-state index is 12.4. The molecule has 0 saturated heterocycles. The fourth-order valence-corrected chi connectivity index (χ4v) is 2.82. The highest BCUT2D eigenvalue weighted by atomic mass is 35.5. The third kappa shape index (κ3) is 16.0. The Balaban J connectivity index is 4.52. The number of halogens is 4. The van der Waals surface area contributed by atoms with Gasteiger partial charge < -0.3 is 0 Å². The maximum Gasteiger partial charge on any atom is 0.556 e. The SMILES string of the molecule is O=P(CCOOP(=O)(OOCCCl)OOCCCl)(OOCCCl)OOCCCl. The van der Waals surface area contributed by atoms with Gasteiger partial charge in [-0.05, 0) is 0 Å². The number of hydrogen-bond acceptors (Lipinski definition) is 12. The van der Waals surface area contributed by atoms with Crippen LogP contribution in [0.1, 0.15) is 0 Å². The summed E-state index contributed by atoms with van der Waals surface area (Å²) >= 11 is 21.6. The van der Waals surface area contributed by atoms with E-state index < -0.39 is 28.2 Å². The van der Waals surface area contributed by atoms with Crippen LogP contribution < -0.4 is 0 Å². The van der Waals surface area contributed by atoms with Crippen molar-refractivity contribution < 1.29 is 56.9 Å². The van der Waals surface area contributed by atoms with Crippen LogP contribution in [0, 0.1) is 0 Å². The van der Waals surface area contributed by atoms with E-state index in [0.29, 0.717) is 0 Å². The van der Waals surface area contributed by atoms with Gasteiger partial charge >= 0.3 is 15.4 Å². The molecule has 0 aliphatic rings. The van der Waals surface area contributed by atoms with Gasteiger partial charge in [0.1, 0.15) is 0 Å². The van der Waals surface area contributed by atoms with Crippen LogP contribution in [0.15, 0.2) is 0 Å². The Morgan fingerprint density at radius 3 is 1.18 bits per heavy atom. The van der Waals surface area contributed by atoms with Crippen molar-refractivity contribution in [1.82, 2.24) is 0 Å². The van der Waals surface area contributed by atoms with Crippen LogP contribution in [0.5, 0.6) is 0 Å². The monoisotopic (exact) mass is 534 g/mol. The first-order valence-corrected chi connectivity index (χ1v) is 12.8. The first-order valence-electron chi connectivity index (χ1n) is 7.44. The lowest BCUT2D eigenvalue weighted by Gasteiger charge is -2.17. The van der Waals surface area contributed by atoms with Gasteiger partial charge in [0, 0.05) is 23.5 Å². The Morgan fingerprint density at radius 2 is 0.821 bits per heavy atom. The molecule has 0 radical (unpaired) electrons. The van der Waals surface area contributed by atoms with E-state index >= 15 is 0 Å². The molecule has 28 heavy (non-hydrogen) atoms. The summed E-state index contributed by atoms with van der Waals surface area (Å²) in [5.74, 6) is 0.215. The molecule has 0 aliphatic carbocycles. The third-order valence-electron chi connectivity index (χ3n) is 1.85. The Kier molecular flexibility index (Phi) is 19.8. The van der Waals surface area contributed by atoms with Gasteiger partial charge in [0.15, 0.2) is 0 Å². The van der Waals surface area contributed by atoms with Gasteiger partial charge in [0.05, 0.1) is 39.2 Å². The van der Waals surface area contributed by atoms with Crippen molar-refractivity contribution in [3.05, 3.63) is 0 Å². The molecular formula is C10H20Cl4O12P2. The molecule has 0 heterocycles. The molecule has 0 fully saturated rings. The normalized spacial score (nSPS) is 12.6. The van der Waals surface area contributed by atoms with Gasteiger partial charge in [-0.3, -0.25) is 4.57 Å². The quantitative estimate of drug-likeness (QED) is 0.0693. The molecule has 170 valence electrons. The lowest BCUT2D eigenvalue weighted by atomic mass is 10.9. The van der Waals surface area contributed by atoms with Gasteiger partial charge in [-0.2, -0.15) is 0 Å². The lowest BCUT2D eigenvalue weighted by molar-refractivity contribution is -0.321. The van der Waals surface area contributed by atoms with E-state index in [4.69, 9.17) is 46.4 Å². The van der Waals surface area contributed by atoms with Crippen LogP contribution >= 0.6 is 61.8 Å². The summed E-state index contributed by atoms with van der Waals surface area (Å²) in [7, 11) is -8.41. The van der Waals surface area contributed by atoms with Crippen molar-refractivity contribution in [2.45, 2.75) is 0 Å². The third-order valence-corrected chi connectivity index (χ3v) is 4.73. The lowest BCUT2D eigenvalue weighted by Crippen LogP contribution is -2.10. The van der Waals surface area contributed by atoms with Gasteiger partial charge in [-0.1, -0.05) is 0 Å². The van der Waals surface area contributed by atoms with Crippen molar-refractivity contribution in [1.29, 1.82) is 0 Å². The summed E-state index contributed by atoms with van der Waals surface area (Å²) in [6, 6.07) is 0. The molecule has 0 N–H and O–H groups in total. The minimum absolute atomic E-state index is 0.0336. The molecule has 0 rings (SSSR count). The zero-order valence-corrected chi connectivity index (χ0v) is 19.2. The molecule has 0 unspecified atom stereocenters. The summed E-state index contributed by atoms with van der Waals surface area (Å²) in [6.07, 6.45) is -0.456. The van der Waals surface area contributed by atoms with Crippen LogP contribution in [-0.2, 0) is 56.9 Å². The van der Waals surface area contributed by atoms with Gasteiger partial charge in [0.25, 0.3) is 0 Å². The molecule has 0 amide bonds. The molecule has 0 atom stereocenters. The average molecular weight is 536 g/mol. The first-order chi connectivity index (χ1) is 13.4. The molecule has 0 aromatic rings. The Hall–Kier alpha value is 1.22. The van der Waals surface area contributed by atoms with E-state index in [2.05, 4.69) is 47.8 Å². The highest BCUT2D eigenvalue weighted by Gasteiger charge is 2.34. The number of hydrogen-bond donors (Lipinski definition) is 0. The number of phosphoric acid groups is 1. The van der Waals surface area contributed by atoms with Gasteiger partial charge in [0.2, 0.25) is 0 Å². The summed E-state index contributed by atoms with van der Waals surface area (Å²) in [5.41, 5.74) is 0. The van der Waals surface area contributed by atoms with Crippen molar-refractivity contribution in [2.75, 3.05) is 62.7 Å². The standard InChI is InChI=1S/C10H20Cl4O12P2/c11-1-5-17-22-27(15,23-18-6-2-12)10-9-21-26-28(16,24-19-7-3-13)25-20-8-4-14/h1-10H2. The first kappa shape index (κ1) is 29.2. The predicted octanol–water partition coefficient (Wildman–Crippen LogP) is 3.98. The summed E-state index contributed by atoms with van der Waals surface area (Å²) in [6.45, 7) is -0.919. The van der Waals surface area contributed by atoms with E-state index in [0.717, 1.165) is 0 Å². The Bertz CT molecular complexity index is 394. The fourth-order valence-electron chi connectivity index (χ4n) is 0.940. The highest BCUT2D eigenvalue weighted by molar-refractivity contribution is 7.53. The number of alkyl halides is 4. The zero-order chi connectivity index (χ0) is 21.1. The minimum atomic E-state index is -4.47. The van der Waals surface area contributed by atoms with Crippen LogP contribution in [0.25, 0.3) is 0 Å². The molecule has 0 bridgehead atoms. The maximum absolute atomic E-state index is 12.4. The van der Waals surface area contributed by atoms with Crippen molar-refractivity contribution >= 4 is 61.8 Å². The average Bonchev–Trinajstić information content (AvgIpc) is 2.66. The smallest absolute Gasteiger partial charge is 0.255 e. The van der Waals surface area contributed by atoms with Crippen molar-refractivity contribution in [2.24, 2.45) is 0 Å². The molecule has 0 saturated carbocycles. The second kappa shape index (κ2) is 18.9. The highest BCUT2D eigenvalue weighted by Crippen LogP contribution is 2.51. The molecule has 0 aromatic carbocycles. The van der Waals surface area contributed by atoms with Crippen LogP contribution in [0.4, 0.5) is 0 Å². The molecule has 0 aromatic heterocycles. The van der Waals surface area contributed by atoms with E-state index in [1.165, 1.54) is 0 Å². The molecular weight excluding hydrogens is 516 g/mol. The fraction of sp³-hybridized carbons (Fsp3) is 1.00. The second-order valence-electron chi connectivity index (χ2n) is 4.02. The van der Waals surface area contributed by atoms with Crippen molar-refractivity contribution in [3.8, 4) is 0 Å². The topological polar surface area (TPSA) is 126 Å². The summed E-state index contributed by atoms with van der Waals surface area (Å²) < 4.78 is 47.2. The van der Waals surface area contributed by atoms with E-state index in [1.54, 1.807) is 0 Å². The molecule has 12 nitrogen and oxygen atoms in total. The second-order valence-corrected chi connectivity index (χ2v) is 8.84. The Morgan fingerprint density at radius 1 is 0.500 bits per heavy atom.